The molecule has 1 nitrogen and oxygen atoms in total. The number of rotatable bonds is 5. The van der Waals surface area contributed by atoms with Crippen LogP contribution in [0.1, 0.15) is 29.7 Å². The predicted octanol–water partition coefficient (Wildman–Crippen LogP) is 5.79. The Morgan fingerprint density at radius 2 is 1.71 bits per heavy atom. The minimum Gasteiger partial charge on any atom is -0.378 e. The fraction of sp³-hybridized carbons (Fsp3) is 0.294. The highest BCUT2D eigenvalue weighted by Crippen LogP contribution is 2.33. The molecule has 1 atom stereocenters. The summed E-state index contributed by atoms with van der Waals surface area (Å²) < 4.78 is 25.2. The fourth-order valence-electron chi connectivity index (χ4n) is 2.14. The SMILES string of the molecule is Cc1ccc(C(C)Nc2ccccc2SC(F)F)cc1C. The van der Waals surface area contributed by atoms with E-state index in [1.54, 1.807) is 12.1 Å². The molecule has 0 saturated heterocycles. The number of nitrogens with one attached hydrogen (secondary N) is 1. The predicted molar refractivity (Wildman–Crippen MR) is 86.3 cm³/mol. The lowest BCUT2D eigenvalue weighted by molar-refractivity contribution is 0.252. The van der Waals surface area contributed by atoms with Crippen molar-refractivity contribution in [3.63, 3.8) is 0 Å². The summed E-state index contributed by atoms with van der Waals surface area (Å²) >= 11 is 0.572. The van der Waals surface area contributed by atoms with Crippen LogP contribution in [-0.2, 0) is 0 Å². The molecule has 0 fully saturated rings. The van der Waals surface area contributed by atoms with Crippen molar-refractivity contribution >= 4 is 17.4 Å². The molecular formula is C17H19F2NS. The molecule has 0 radical (unpaired) electrons. The van der Waals surface area contributed by atoms with Crippen LogP contribution in [-0.4, -0.2) is 5.76 Å². The van der Waals surface area contributed by atoms with E-state index in [-0.39, 0.29) is 6.04 Å². The molecule has 0 heterocycles. The van der Waals surface area contributed by atoms with Crippen molar-refractivity contribution < 1.29 is 8.78 Å². The van der Waals surface area contributed by atoms with Gasteiger partial charge in [-0.25, -0.2) is 0 Å². The Morgan fingerprint density at radius 1 is 1.00 bits per heavy atom. The Kier molecular flexibility index (Phi) is 5.23. The van der Waals surface area contributed by atoms with Gasteiger partial charge in [-0.1, -0.05) is 42.1 Å². The highest BCUT2D eigenvalue weighted by atomic mass is 32.2. The van der Waals surface area contributed by atoms with Crippen LogP contribution in [0.15, 0.2) is 47.4 Å². The lowest BCUT2D eigenvalue weighted by Crippen LogP contribution is -2.08. The summed E-state index contributed by atoms with van der Waals surface area (Å²) in [5.41, 5.74) is 4.37. The van der Waals surface area contributed by atoms with Crippen LogP contribution < -0.4 is 5.32 Å². The van der Waals surface area contributed by atoms with Crippen molar-refractivity contribution in [1.29, 1.82) is 0 Å². The Bertz CT molecular complexity index is 613. The van der Waals surface area contributed by atoms with Crippen molar-refractivity contribution in [2.24, 2.45) is 0 Å². The van der Waals surface area contributed by atoms with E-state index in [9.17, 15) is 8.78 Å². The number of alkyl halides is 2. The normalized spacial score (nSPS) is 12.5. The zero-order valence-electron chi connectivity index (χ0n) is 12.4. The molecule has 0 aliphatic carbocycles. The lowest BCUT2D eigenvalue weighted by Gasteiger charge is -2.19. The van der Waals surface area contributed by atoms with Gasteiger partial charge in [0.25, 0.3) is 5.76 Å². The summed E-state index contributed by atoms with van der Waals surface area (Å²) in [4.78, 5) is 0.572. The highest BCUT2D eigenvalue weighted by molar-refractivity contribution is 7.99. The van der Waals surface area contributed by atoms with Gasteiger partial charge in [-0.3, -0.25) is 0 Å². The maximum absolute atomic E-state index is 12.6. The quantitative estimate of drug-likeness (QED) is 0.701. The Labute approximate surface area is 128 Å². The molecule has 21 heavy (non-hydrogen) atoms. The number of hydrogen-bond acceptors (Lipinski definition) is 2. The number of thioether (sulfide) groups is 1. The first kappa shape index (κ1) is 15.8. The number of aryl methyl sites for hydroxylation is 2. The first-order valence-electron chi connectivity index (χ1n) is 6.85. The lowest BCUT2D eigenvalue weighted by atomic mass is 10.0. The van der Waals surface area contributed by atoms with Crippen molar-refractivity contribution in [2.45, 2.75) is 37.5 Å². The zero-order chi connectivity index (χ0) is 15.4. The van der Waals surface area contributed by atoms with Crippen molar-refractivity contribution in [3.05, 3.63) is 59.2 Å². The van der Waals surface area contributed by atoms with E-state index in [0.29, 0.717) is 16.7 Å². The van der Waals surface area contributed by atoms with E-state index in [1.807, 2.05) is 19.1 Å². The molecule has 2 aromatic rings. The van der Waals surface area contributed by atoms with E-state index in [0.717, 1.165) is 11.3 Å². The Morgan fingerprint density at radius 3 is 2.38 bits per heavy atom. The van der Waals surface area contributed by atoms with Crippen molar-refractivity contribution in [2.75, 3.05) is 5.32 Å². The molecule has 0 aromatic heterocycles. The standard InChI is InChI=1S/C17H19F2NS/c1-11-8-9-14(10-12(11)2)13(3)20-15-6-4-5-7-16(15)21-17(18)19/h4-10,13,17,20H,1-3H3. The Hall–Kier alpha value is -1.55. The van der Waals surface area contributed by atoms with Crippen LogP contribution in [0.5, 0.6) is 0 Å². The molecule has 2 rings (SSSR count). The molecule has 0 saturated carbocycles. The van der Waals surface area contributed by atoms with Gasteiger partial charge in [0.05, 0.1) is 0 Å². The molecule has 112 valence electrons. The summed E-state index contributed by atoms with van der Waals surface area (Å²) in [6.07, 6.45) is 0. The molecule has 2 aromatic carbocycles. The molecule has 0 amide bonds. The molecule has 0 spiro atoms. The summed E-state index contributed by atoms with van der Waals surface area (Å²) in [6, 6.07) is 13.5. The van der Waals surface area contributed by atoms with Crippen LogP contribution in [0, 0.1) is 13.8 Å². The van der Waals surface area contributed by atoms with Gasteiger partial charge in [0.15, 0.2) is 0 Å². The van der Waals surface area contributed by atoms with Crippen LogP contribution >= 0.6 is 11.8 Å². The topological polar surface area (TPSA) is 12.0 Å². The van der Waals surface area contributed by atoms with E-state index in [2.05, 4.69) is 37.4 Å². The van der Waals surface area contributed by atoms with Crippen molar-refractivity contribution in [1.82, 2.24) is 0 Å². The van der Waals surface area contributed by atoms with Crippen LogP contribution in [0.25, 0.3) is 0 Å². The number of anilines is 1. The van der Waals surface area contributed by atoms with Crippen LogP contribution in [0.2, 0.25) is 0 Å². The van der Waals surface area contributed by atoms with Gasteiger partial charge in [-0.15, -0.1) is 0 Å². The van der Waals surface area contributed by atoms with Gasteiger partial charge in [-0.2, -0.15) is 8.78 Å². The van der Waals surface area contributed by atoms with Gasteiger partial charge in [0, 0.05) is 16.6 Å². The maximum atomic E-state index is 12.6. The van der Waals surface area contributed by atoms with Crippen molar-refractivity contribution in [3.8, 4) is 0 Å². The minimum atomic E-state index is -2.41. The Balaban J connectivity index is 2.19. The highest BCUT2D eigenvalue weighted by Gasteiger charge is 2.12. The van der Waals surface area contributed by atoms with Gasteiger partial charge < -0.3 is 5.32 Å². The van der Waals surface area contributed by atoms with Crippen LogP contribution in [0.4, 0.5) is 14.5 Å². The number of para-hydroxylation sites is 1. The molecule has 1 unspecified atom stereocenters. The summed E-state index contributed by atoms with van der Waals surface area (Å²) in [5, 5.41) is 3.32. The summed E-state index contributed by atoms with van der Waals surface area (Å²) in [6.45, 7) is 6.19. The van der Waals surface area contributed by atoms with E-state index >= 15 is 0 Å². The summed E-state index contributed by atoms with van der Waals surface area (Å²) in [5.74, 6) is -2.41. The monoisotopic (exact) mass is 307 g/mol. The second-order valence-electron chi connectivity index (χ2n) is 5.08. The van der Waals surface area contributed by atoms with Gasteiger partial charge in [0.2, 0.25) is 0 Å². The van der Waals surface area contributed by atoms with Gasteiger partial charge in [-0.05, 0) is 49.6 Å². The third kappa shape index (κ3) is 4.21. The largest absolute Gasteiger partial charge is 0.378 e. The first-order valence-corrected chi connectivity index (χ1v) is 7.73. The van der Waals surface area contributed by atoms with Gasteiger partial charge in [0.1, 0.15) is 0 Å². The fourth-order valence-corrected chi connectivity index (χ4v) is 2.74. The maximum Gasteiger partial charge on any atom is 0.288 e. The van der Waals surface area contributed by atoms with E-state index in [1.165, 1.54) is 11.1 Å². The average Bonchev–Trinajstić information content (AvgIpc) is 2.43. The second-order valence-corrected chi connectivity index (χ2v) is 6.12. The second kappa shape index (κ2) is 6.94. The molecule has 1 N–H and O–H groups in total. The van der Waals surface area contributed by atoms with E-state index < -0.39 is 5.76 Å². The van der Waals surface area contributed by atoms with E-state index in [4.69, 9.17) is 0 Å². The van der Waals surface area contributed by atoms with Gasteiger partial charge >= 0.3 is 0 Å². The third-order valence-corrected chi connectivity index (χ3v) is 4.29. The molecular weight excluding hydrogens is 288 g/mol. The smallest absolute Gasteiger partial charge is 0.288 e. The number of halogens is 2. The molecule has 0 bridgehead atoms. The average molecular weight is 307 g/mol. The summed E-state index contributed by atoms with van der Waals surface area (Å²) in [7, 11) is 0. The minimum absolute atomic E-state index is 0.0590. The third-order valence-electron chi connectivity index (χ3n) is 3.51. The molecule has 4 heteroatoms. The molecule has 0 aliphatic rings. The first-order chi connectivity index (χ1) is 9.97. The van der Waals surface area contributed by atoms with Crippen LogP contribution in [0.3, 0.4) is 0 Å². The number of benzene rings is 2. The zero-order valence-corrected chi connectivity index (χ0v) is 13.2. The number of hydrogen-bond donors (Lipinski definition) is 1. The molecule has 0 aliphatic heterocycles.